The van der Waals surface area contributed by atoms with Crippen LogP contribution in [0.4, 0.5) is 0 Å². The maximum Gasteiger partial charge on any atom is 0.243 e. The highest BCUT2D eigenvalue weighted by Gasteiger charge is 2.30. The zero-order valence-corrected chi connectivity index (χ0v) is 13.6. The third-order valence-electron chi connectivity index (χ3n) is 4.62. The summed E-state index contributed by atoms with van der Waals surface area (Å²) in [4.78, 5) is 9.05. The summed E-state index contributed by atoms with van der Waals surface area (Å²) < 4.78 is 11.0. The predicted molar refractivity (Wildman–Crippen MR) is 80.6 cm³/mol. The van der Waals surface area contributed by atoms with Crippen molar-refractivity contribution in [3.8, 4) is 0 Å². The van der Waals surface area contributed by atoms with E-state index in [1.807, 2.05) is 6.92 Å². The smallest absolute Gasteiger partial charge is 0.243 e. The molecule has 1 atom stereocenters. The standard InChI is InChI=1S/C15H22N6O2/c1-10(14-16-11(2)19-23-14)21-7-5-20(6-8-21)9-13-17-18-15(22-13)12-3-4-12/h10,12H,3-9H2,1-2H3/t10-/m0/s1. The summed E-state index contributed by atoms with van der Waals surface area (Å²) in [7, 11) is 0. The van der Waals surface area contributed by atoms with Crippen LogP contribution in [0.3, 0.4) is 0 Å². The SMILES string of the molecule is Cc1noc([C@H](C)N2CCN(Cc3nnc(C4CC4)o3)CC2)n1. The summed E-state index contributed by atoms with van der Waals surface area (Å²) in [5.74, 6) is 3.46. The number of hydrogen-bond donors (Lipinski definition) is 0. The van der Waals surface area contributed by atoms with Gasteiger partial charge in [0, 0.05) is 32.1 Å². The van der Waals surface area contributed by atoms with E-state index < -0.39 is 0 Å². The van der Waals surface area contributed by atoms with Gasteiger partial charge < -0.3 is 8.94 Å². The van der Waals surface area contributed by atoms with Gasteiger partial charge in [-0.2, -0.15) is 4.98 Å². The number of hydrogen-bond acceptors (Lipinski definition) is 8. The minimum absolute atomic E-state index is 0.156. The second kappa shape index (κ2) is 6.01. The van der Waals surface area contributed by atoms with Gasteiger partial charge in [-0.25, -0.2) is 0 Å². The Morgan fingerprint density at radius 2 is 1.96 bits per heavy atom. The molecule has 0 spiro atoms. The Kier molecular flexibility index (Phi) is 3.86. The van der Waals surface area contributed by atoms with Gasteiger partial charge in [0.2, 0.25) is 17.7 Å². The fourth-order valence-electron chi connectivity index (χ4n) is 2.96. The third-order valence-corrected chi connectivity index (χ3v) is 4.62. The molecule has 124 valence electrons. The number of piperazine rings is 1. The van der Waals surface area contributed by atoms with Gasteiger partial charge in [0.05, 0.1) is 12.6 Å². The van der Waals surface area contributed by atoms with Crippen molar-refractivity contribution < 1.29 is 8.94 Å². The van der Waals surface area contributed by atoms with Crippen LogP contribution in [0, 0.1) is 6.92 Å². The van der Waals surface area contributed by atoms with Crippen molar-refractivity contribution in [2.24, 2.45) is 0 Å². The predicted octanol–water partition coefficient (Wildman–Crippen LogP) is 1.52. The highest BCUT2D eigenvalue weighted by atomic mass is 16.5. The van der Waals surface area contributed by atoms with E-state index in [1.165, 1.54) is 12.8 Å². The largest absolute Gasteiger partial charge is 0.424 e. The van der Waals surface area contributed by atoms with E-state index in [2.05, 4.69) is 37.1 Å². The van der Waals surface area contributed by atoms with Crippen LogP contribution in [0.15, 0.2) is 8.94 Å². The highest BCUT2D eigenvalue weighted by molar-refractivity contribution is 5.00. The highest BCUT2D eigenvalue weighted by Crippen LogP contribution is 2.39. The molecule has 0 bridgehead atoms. The lowest BCUT2D eigenvalue weighted by Gasteiger charge is -2.36. The van der Waals surface area contributed by atoms with Crippen molar-refractivity contribution in [1.29, 1.82) is 0 Å². The molecular weight excluding hydrogens is 296 g/mol. The first-order chi connectivity index (χ1) is 11.2. The molecule has 1 aliphatic carbocycles. The quantitative estimate of drug-likeness (QED) is 0.820. The first-order valence-electron chi connectivity index (χ1n) is 8.28. The molecule has 0 aromatic carbocycles. The molecule has 1 saturated carbocycles. The van der Waals surface area contributed by atoms with Crippen LogP contribution in [0.1, 0.15) is 55.2 Å². The van der Waals surface area contributed by atoms with Crippen LogP contribution >= 0.6 is 0 Å². The van der Waals surface area contributed by atoms with E-state index in [0.717, 1.165) is 44.5 Å². The number of aromatic nitrogens is 4. The lowest BCUT2D eigenvalue weighted by molar-refractivity contribution is 0.0795. The van der Waals surface area contributed by atoms with Crippen LogP contribution in [0.25, 0.3) is 0 Å². The minimum Gasteiger partial charge on any atom is -0.424 e. The topological polar surface area (TPSA) is 84.3 Å². The first kappa shape index (κ1) is 14.8. The molecule has 1 saturated heterocycles. The van der Waals surface area contributed by atoms with Gasteiger partial charge in [0.15, 0.2) is 5.82 Å². The average Bonchev–Trinajstić information content (AvgIpc) is 3.16. The number of rotatable bonds is 5. The van der Waals surface area contributed by atoms with Crippen LogP contribution in [-0.4, -0.2) is 56.3 Å². The van der Waals surface area contributed by atoms with Crippen LogP contribution in [-0.2, 0) is 6.54 Å². The Labute approximate surface area is 134 Å². The molecular formula is C15H22N6O2. The van der Waals surface area contributed by atoms with Crippen molar-refractivity contribution in [3.63, 3.8) is 0 Å². The van der Waals surface area contributed by atoms with Gasteiger partial charge in [-0.3, -0.25) is 9.80 Å². The van der Waals surface area contributed by atoms with Gasteiger partial charge in [-0.15, -0.1) is 10.2 Å². The van der Waals surface area contributed by atoms with Crippen molar-refractivity contribution in [1.82, 2.24) is 30.1 Å². The summed E-state index contributed by atoms with van der Waals surface area (Å²) in [6.45, 7) is 8.57. The van der Waals surface area contributed by atoms with Crippen molar-refractivity contribution in [2.75, 3.05) is 26.2 Å². The van der Waals surface area contributed by atoms with E-state index >= 15 is 0 Å². The van der Waals surface area contributed by atoms with Crippen molar-refractivity contribution in [2.45, 2.75) is 45.2 Å². The van der Waals surface area contributed by atoms with Gasteiger partial charge in [-0.1, -0.05) is 5.16 Å². The molecule has 2 aromatic heterocycles. The molecule has 23 heavy (non-hydrogen) atoms. The number of nitrogens with zero attached hydrogens (tertiary/aromatic N) is 6. The zero-order valence-electron chi connectivity index (χ0n) is 13.6. The summed E-state index contributed by atoms with van der Waals surface area (Å²) in [5.41, 5.74) is 0. The molecule has 0 amide bonds. The van der Waals surface area contributed by atoms with Crippen molar-refractivity contribution >= 4 is 0 Å². The van der Waals surface area contributed by atoms with Gasteiger partial charge in [-0.05, 0) is 26.7 Å². The number of aryl methyl sites for hydroxylation is 1. The minimum atomic E-state index is 0.156. The Hall–Kier alpha value is -1.80. The average molecular weight is 318 g/mol. The van der Waals surface area contributed by atoms with E-state index in [0.29, 0.717) is 17.6 Å². The summed E-state index contributed by atoms with van der Waals surface area (Å²) in [6, 6.07) is 0.156. The molecule has 3 heterocycles. The Morgan fingerprint density at radius 1 is 1.17 bits per heavy atom. The van der Waals surface area contributed by atoms with Gasteiger partial charge >= 0.3 is 0 Å². The Morgan fingerprint density at radius 3 is 2.61 bits per heavy atom. The van der Waals surface area contributed by atoms with E-state index in [9.17, 15) is 0 Å². The molecule has 2 aliphatic rings. The van der Waals surface area contributed by atoms with Crippen LogP contribution < -0.4 is 0 Å². The van der Waals surface area contributed by atoms with E-state index in [1.54, 1.807) is 0 Å². The molecule has 8 heteroatoms. The monoisotopic (exact) mass is 318 g/mol. The maximum absolute atomic E-state index is 5.75. The fourth-order valence-corrected chi connectivity index (χ4v) is 2.96. The second-order valence-corrected chi connectivity index (χ2v) is 6.48. The molecule has 1 aliphatic heterocycles. The maximum atomic E-state index is 5.75. The fraction of sp³-hybridized carbons (Fsp3) is 0.733. The van der Waals surface area contributed by atoms with E-state index in [4.69, 9.17) is 8.94 Å². The summed E-state index contributed by atoms with van der Waals surface area (Å²) in [5, 5.41) is 12.2. The molecule has 0 N–H and O–H groups in total. The second-order valence-electron chi connectivity index (χ2n) is 6.48. The Bertz CT molecular complexity index is 656. The lowest BCUT2D eigenvalue weighted by atomic mass is 10.2. The lowest BCUT2D eigenvalue weighted by Crippen LogP contribution is -2.46. The molecule has 2 aromatic rings. The van der Waals surface area contributed by atoms with Gasteiger partial charge in [0.1, 0.15) is 0 Å². The molecule has 2 fully saturated rings. The molecule has 8 nitrogen and oxygen atoms in total. The summed E-state index contributed by atoms with van der Waals surface area (Å²) >= 11 is 0. The van der Waals surface area contributed by atoms with Crippen molar-refractivity contribution in [3.05, 3.63) is 23.5 Å². The normalized spacial score (nSPS) is 21.7. The van der Waals surface area contributed by atoms with E-state index in [-0.39, 0.29) is 6.04 Å². The van der Waals surface area contributed by atoms with Crippen LogP contribution in [0.5, 0.6) is 0 Å². The molecule has 4 rings (SSSR count). The first-order valence-corrected chi connectivity index (χ1v) is 8.28. The molecule has 0 radical (unpaired) electrons. The molecule has 0 unspecified atom stereocenters. The summed E-state index contributed by atoms with van der Waals surface area (Å²) in [6.07, 6.45) is 2.38. The van der Waals surface area contributed by atoms with Gasteiger partial charge in [0.25, 0.3) is 0 Å². The third kappa shape index (κ3) is 3.28. The van der Waals surface area contributed by atoms with Crippen LogP contribution in [0.2, 0.25) is 0 Å². The zero-order chi connectivity index (χ0) is 15.8. The Balaban J connectivity index is 1.29.